The van der Waals surface area contributed by atoms with E-state index in [-0.39, 0.29) is 31.9 Å². The molecule has 4 heteroatoms. The molecule has 0 unspecified atom stereocenters. The van der Waals surface area contributed by atoms with Crippen LogP contribution < -0.4 is 0 Å². The van der Waals surface area contributed by atoms with Crippen molar-refractivity contribution in [3.63, 3.8) is 0 Å². The maximum atomic E-state index is 10.1. The van der Waals surface area contributed by atoms with E-state index in [1.54, 1.807) is 12.1 Å². The third-order valence-electron chi connectivity index (χ3n) is 0.884. The van der Waals surface area contributed by atoms with Gasteiger partial charge in [0.05, 0.1) is 0 Å². The topological polar surface area (TPSA) is 50.2 Å². The zero-order chi connectivity index (χ0) is 6.69. The Morgan fingerprint density at radius 2 is 2.20 bits per heavy atom. The molecule has 1 N–H and O–H groups in total. The van der Waals surface area contributed by atoms with Crippen molar-refractivity contribution in [3.8, 4) is 0 Å². The van der Waals surface area contributed by atoms with E-state index < -0.39 is 5.97 Å². The number of carboxylic acid groups (broad SMARTS) is 1. The Kier molecular flexibility index (Phi) is 4.12. The van der Waals surface area contributed by atoms with Crippen LogP contribution in [0.2, 0.25) is 0 Å². The molecular formula is C6H5NO2Zr. The van der Waals surface area contributed by atoms with Crippen LogP contribution in [0.4, 0.5) is 0 Å². The summed E-state index contributed by atoms with van der Waals surface area (Å²) < 4.78 is 0. The van der Waals surface area contributed by atoms with Crippen molar-refractivity contribution in [2.24, 2.45) is 0 Å². The summed E-state index contributed by atoms with van der Waals surface area (Å²) in [5.74, 6) is -0.990. The molecule has 1 aromatic rings. The second-order valence-corrected chi connectivity index (χ2v) is 1.52. The van der Waals surface area contributed by atoms with E-state index in [2.05, 4.69) is 4.98 Å². The van der Waals surface area contributed by atoms with Gasteiger partial charge in [0, 0.05) is 32.4 Å². The largest absolute Gasteiger partial charge is 0.477 e. The van der Waals surface area contributed by atoms with Gasteiger partial charge in [0.1, 0.15) is 5.69 Å². The Morgan fingerprint density at radius 3 is 2.50 bits per heavy atom. The SMILES string of the molecule is O=C(O)c1ccccn1.[Zr]. The quantitative estimate of drug-likeness (QED) is 0.751. The summed E-state index contributed by atoms with van der Waals surface area (Å²) in [6, 6.07) is 4.76. The van der Waals surface area contributed by atoms with Crippen LogP contribution in [0, 0.1) is 0 Å². The van der Waals surface area contributed by atoms with E-state index in [1.807, 2.05) is 0 Å². The number of aromatic nitrogens is 1. The number of aromatic carboxylic acids is 1. The summed E-state index contributed by atoms with van der Waals surface area (Å²) in [5.41, 5.74) is 0.0810. The minimum absolute atomic E-state index is 0. The maximum absolute atomic E-state index is 10.1. The van der Waals surface area contributed by atoms with Crippen molar-refractivity contribution >= 4 is 5.97 Å². The molecule has 0 aliphatic rings. The van der Waals surface area contributed by atoms with Crippen LogP contribution in [0.1, 0.15) is 10.5 Å². The minimum atomic E-state index is -0.990. The molecule has 50 valence electrons. The van der Waals surface area contributed by atoms with Gasteiger partial charge in [-0.05, 0) is 12.1 Å². The van der Waals surface area contributed by atoms with Crippen LogP contribution in [-0.2, 0) is 26.2 Å². The van der Waals surface area contributed by atoms with Crippen LogP contribution >= 0.6 is 0 Å². The van der Waals surface area contributed by atoms with Crippen LogP contribution in [-0.4, -0.2) is 16.1 Å². The number of hydrogen-bond acceptors (Lipinski definition) is 2. The number of carboxylic acids is 1. The van der Waals surface area contributed by atoms with E-state index in [0.29, 0.717) is 0 Å². The third kappa shape index (κ3) is 2.40. The molecule has 1 heterocycles. The van der Waals surface area contributed by atoms with Crippen LogP contribution in [0.5, 0.6) is 0 Å². The van der Waals surface area contributed by atoms with Crippen molar-refractivity contribution in [2.45, 2.75) is 0 Å². The minimum Gasteiger partial charge on any atom is -0.477 e. The summed E-state index contributed by atoms with van der Waals surface area (Å²) >= 11 is 0. The average Bonchev–Trinajstić information content (AvgIpc) is 1.90. The monoisotopic (exact) mass is 213 g/mol. The molecule has 3 nitrogen and oxygen atoms in total. The Hall–Kier alpha value is -0.497. The summed E-state index contributed by atoms with van der Waals surface area (Å²) in [6.45, 7) is 0. The van der Waals surface area contributed by atoms with Gasteiger partial charge in [0.25, 0.3) is 0 Å². The predicted molar refractivity (Wildman–Crippen MR) is 31.2 cm³/mol. The summed E-state index contributed by atoms with van der Waals surface area (Å²) in [7, 11) is 0. The van der Waals surface area contributed by atoms with Crippen molar-refractivity contribution < 1.29 is 36.1 Å². The van der Waals surface area contributed by atoms with Gasteiger partial charge in [-0.3, -0.25) is 0 Å². The Balaban J connectivity index is 0.000000810. The fourth-order valence-electron chi connectivity index (χ4n) is 0.489. The first-order valence-electron chi connectivity index (χ1n) is 2.45. The molecule has 0 radical (unpaired) electrons. The zero-order valence-corrected chi connectivity index (χ0v) is 7.57. The van der Waals surface area contributed by atoms with Crippen LogP contribution in [0.3, 0.4) is 0 Å². The molecule has 1 rings (SSSR count). The van der Waals surface area contributed by atoms with Gasteiger partial charge in [-0.1, -0.05) is 6.07 Å². The van der Waals surface area contributed by atoms with E-state index in [1.165, 1.54) is 12.3 Å². The van der Waals surface area contributed by atoms with Gasteiger partial charge in [-0.15, -0.1) is 0 Å². The maximum Gasteiger partial charge on any atom is 0.354 e. The molecule has 0 amide bonds. The molecule has 0 aliphatic heterocycles. The van der Waals surface area contributed by atoms with E-state index >= 15 is 0 Å². The van der Waals surface area contributed by atoms with Crippen LogP contribution in [0.15, 0.2) is 24.4 Å². The summed E-state index contributed by atoms with van der Waals surface area (Å²) in [4.78, 5) is 13.7. The third-order valence-corrected chi connectivity index (χ3v) is 0.884. The molecule has 0 bridgehead atoms. The summed E-state index contributed by atoms with van der Waals surface area (Å²) in [6.07, 6.45) is 1.45. The van der Waals surface area contributed by atoms with E-state index in [9.17, 15) is 4.79 Å². The molecule has 0 fully saturated rings. The normalized spacial score (nSPS) is 8.00. The fraction of sp³-hybridized carbons (Fsp3) is 0. The molecule has 0 spiro atoms. The number of pyridine rings is 1. The molecule has 0 aromatic carbocycles. The average molecular weight is 214 g/mol. The number of rotatable bonds is 1. The Morgan fingerprint density at radius 1 is 1.50 bits per heavy atom. The molecule has 0 saturated heterocycles. The first-order chi connectivity index (χ1) is 4.30. The predicted octanol–water partition coefficient (Wildman–Crippen LogP) is 0.777. The van der Waals surface area contributed by atoms with Crippen molar-refractivity contribution in [1.82, 2.24) is 4.98 Å². The number of nitrogens with zero attached hydrogens (tertiary/aromatic N) is 1. The number of carbonyl (C=O) groups is 1. The standard InChI is InChI=1S/C6H5NO2.Zr/c8-6(9)5-3-1-2-4-7-5;/h1-4H,(H,8,9);. The van der Waals surface area contributed by atoms with Gasteiger partial charge >= 0.3 is 5.97 Å². The second-order valence-electron chi connectivity index (χ2n) is 1.52. The van der Waals surface area contributed by atoms with E-state index in [0.717, 1.165) is 0 Å². The molecule has 0 saturated carbocycles. The van der Waals surface area contributed by atoms with Gasteiger partial charge in [-0.2, -0.15) is 0 Å². The zero-order valence-electron chi connectivity index (χ0n) is 5.11. The van der Waals surface area contributed by atoms with E-state index in [4.69, 9.17) is 5.11 Å². The molecule has 0 aliphatic carbocycles. The first kappa shape index (κ1) is 9.50. The number of hydrogen-bond donors (Lipinski definition) is 1. The van der Waals surface area contributed by atoms with Gasteiger partial charge in [0.2, 0.25) is 0 Å². The van der Waals surface area contributed by atoms with Crippen molar-refractivity contribution in [1.29, 1.82) is 0 Å². The van der Waals surface area contributed by atoms with Gasteiger partial charge in [0.15, 0.2) is 0 Å². The Labute approximate surface area is 77.2 Å². The van der Waals surface area contributed by atoms with Crippen molar-refractivity contribution in [3.05, 3.63) is 30.1 Å². The molecule has 0 atom stereocenters. The molecular weight excluding hydrogens is 209 g/mol. The molecule has 10 heavy (non-hydrogen) atoms. The first-order valence-corrected chi connectivity index (χ1v) is 2.45. The van der Waals surface area contributed by atoms with Crippen LogP contribution in [0.25, 0.3) is 0 Å². The summed E-state index contributed by atoms with van der Waals surface area (Å²) in [5, 5.41) is 8.32. The Bertz CT molecular complexity index is 212. The van der Waals surface area contributed by atoms with Gasteiger partial charge in [-0.25, -0.2) is 9.78 Å². The fourth-order valence-corrected chi connectivity index (χ4v) is 0.489. The van der Waals surface area contributed by atoms with Gasteiger partial charge < -0.3 is 5.11 Å². The smallest absolute Gasteiger partial charge is 0.354 e. The molecule has 1 aromatic heterocycles. The van der Waals surface area contributed by atoms with Crippen molar-refractivity contribution in [2.75, 3.05) is 0 Å². The second kappa shape index (κ2) is 4.34.